The lowest BCUT2D eigenvalue weighted by Gasteiger charge is -2.06. The average Bonchev–Trinajstić information content (AvgIpc) is 2.92. The molecule has 0 fully saturated rings. The summed E-state index contributed by atoms with van der Waals surface area (Å²) >= 11 is 0. The second-order valence-electron chi connectivity index (χ2n) is 5.41. The molecular formula is C17H22N6O2. The summed E-state index contributed by atoms with van der Waals surface area (Å²) in [7, 11) is 1.60. The number of primary amides is 1. The number of anilines is 1. The van der Waals surface area contributed by atoms with E-state index in [0.29, 0.717) is 23.4 Å². The van der Waals surface area contributed by atoms with Gasteiger partial charge in [-0.05, 0) is 36.4 Å². The van der Waals surface area contributed by atoms with Crippen LogP contribution in [-0.4, -0.2) is 22.8 Å². The Morgan fingerprint density at radius 3 is 2.36 bits per heavy atom. The molecule has 0 radical (unpaired) electrons. The minimum Gasteiger partial charge on any atom is -0.497 e. The van der Waals surface area contributed by atoms with Crippen LogP contribution < -0.4 is 27.7 Å². The van der Waals surface area contributed by atoms with Gasteiger partial charge in [0.05, 0.1) is 13.7 Å². The molecular weight excluding hydrogens is 320 g/mol. The van der Waals surface area contributed by atoms with Crippen LogP contribution in [0.3, 0.4) is 0 Å². The number of nitrogens with two attached hydrogens (primary N) is 4. The summed E-state index contributed by atoms with van der Waals surface area (Å²) in [6.07, 6.45) is 2.70. The molecule has 0 atom stereocenters. The number of methoxy groups -OCH3 is 1. The lowest BCUT2D eigenvalue weighted by molar-refractivity contribution is 0.100. The lowest BCUT2D eigenvalue weighted by atomic mass is 10.0. The van der Waals surface area contributed by atoms with Crippen molar-refractivity contribution in [2.75, 3.05) is 12.8 Å². The first-order valence-corrected chi connectivity index (χ1v) is 7.53. The molecule has 25 heavy (non-hydrogen) atoms. The van der Waals surface area contributed by atoms with Crippen molar-refractivity contribution in [3.8, 4) is 5.75 Å². The van der Waals surface area contributed by atoms with Crippen LogP contribution in [0.5, 0.6) is 5.75 Å². The molecule has 132 valence electrons. The van der Waals surface area contributed by atoms with Crippen molar-refractivity contribution in [1.29, 1.82) is 0 Å². The largest absolute Gasteiger partial charge is 0.497 e. The number of hydrogen-bond acceptors (Lipinski definition) is 6. The molecule has 0 saturated heterocycles. The van der Waals surface area contributed by atoms with Crippen LogP contribution in [0.2, 0.25) is 0 Å². The van der Waals surface area contributed by atoms with Crippen LogP contribution in [0.25, 0.3) is 5.57 Å². The Bertz CT molecular complexity index is 834. The molecule has 1 aromatic heterocycles. The van der Waals surface area contributed by atoms with E-state index in [1.807, 2.05) is 24.3 Å². The van der Waals surface area contributed by atoms with E-state index in [4.69, 9.17) is 27.7 Å². The third-order valence-corrected chi connectivity index (χ3v) is 3.83. The number of benzene rings is 1. The number of amides is 1. The molecule has 8 N–H and O–H groups in total. The summed E-state index contributed by atoms with van der Waals surface area (Å²) in [4.78, 5) is 11.9. The highest BCUT2D eigenvalue weighted by atomic mass is 16.5. The van der Waals surface area contributed by atoms with Gasteiger partial charge in [-0.2, -0.15) is 5.10 Å². The Labute approximate surface area is 145 Å². The highest BCUT2D eigenvalue weighted by molar-refractivity contribution is 6.03. The minimum absolute atomic E-state index is 0.117. The van der Waals surface area contributed by atoms with Gasteiger partial charge in [0.2, 0.25) is 0 Å². The molecule has 1 heterocycles. The van der Waals surface area contributed by atoms with Crippen molar-refractivity contribution in [2.24, 2.45) is 17.2 Å². The number of hydrogen-bond donors (Lipinski definition) is 4. The Balaban J connectivity index is 2.49. The first-order chi connectivity index (χ1) is 11.9. The minimum atomic E-state index is -0.683. The third-order valence-electron chi connectivity index (χ3n) is 3.83. The molecule has 8 nitrogen and oxygen atoms in total. The summed E-state index contributed by atoms with van der Waals surface area (Å²) < 4.78 is 6.64. The normalized spacial score (nSPS) is 12.2. The molecule has 1 amide bonds. The predicted octanol–water partition coefficient (Wildman–Crippen LogP) is 0.783. The highest BCUT2D eigenvalue weighted by Crippen LogP contribution is 2.28. The zero-order valence-electron chi connectivity index (χ0n) is 14.2. The van der Waals surface area contributed by atoms with Crippen molar-refractivity contribution in [3.05, 3.63) is 59.1 Å². The quantitative estimate of drug-likeness (QED) is 0.570. The Kier molecular flexibility index (Phi) is 5.33. The highest BCUT2D eigenvalue weighted by Gasteiger charge is 2.23. The first-order valence-electron chi connectivity index (χ1n) is 7.53. The fraction of sp³-hybridized carbons (Fsp3) is 0.176. The van der Waals surface area contributed by atoms with Crippen LogP contribution >= 0.6 is 0 Å². The summed E-state index contributed by atoms with van der Waals surface area (Å²) in [5.74, 6) is 0.230. The van der Waals surface area contributed by atoms with E-state index in [1.54, 1.807) is 14.0 Å². The predicted molar refractivity (Wildman–Crippen MR) is 97.4 cm³/mol. The van der Waals surface area contributed by atoms with Crippen LogP contribution in [-0.2, 0) is 6.54 Å². The van der Waals surface area contributed by atoms with E-state index < -0.39 is 5.91 Å². The van der Waals surface area contributed by atoms with Gasteiger partial charge >= 0.3 is 0 Å². The topological polar surface area (TPSA) is 148 Å². The van der Waals surface area contributed by atoms with Gasteiger partial charge in [0.1, 0.15) is 22.8 Å². The number of ether oxygens (including phenoxy) is 1. The van der Waals surface area contributed by atoms with Crippen LogP contribution in [0.1, 0.15) is 28.5 Å². The smallest absolute Gasteiger partial charge is 0.254 e. The number of rotatable bonds is 6. The summed E-state index contributed by atoms with van der Waals surface area (Å²) in [6, 6.07) is 7.43. The molecule has 8 heteroatoms. The SMILES string of the molecule is COc1ccc(Cn2nc(C(=C/N)/C(C)=C\N)c(C(N)=O)c2N)cc1. The monoisotopic (exact) mass is 342 g/mol. The van der Waals surface area contributed by atoms with Crippen LogP contribution in [0.4, 0.5) is 5.82 Å². The van der Waals surface area contributed by atoms with Gasteiger partial charge < -0.3 is 27.7 Å². The molecule has 0 aliphatic rings. The van der Waals surface area contributed by atoms with Crippen LogP contribution in [0, 0.1) is 0 Å². The van der Waals surface area contributed by atoms with Crippen molar-refractivity contribution >= 4 is 17.3 Å². The van der Waals surface area contributed by atoms with Gasteiger partial charge in [-0.15, -0.1) is 0 Å². The van der Waals surface area contributed by atoms with E-state index in [0.717, 1.165) is 11.3 Å². The van der Waals surface area contributed by atoms with Crippen molar-refractivity contribution in [2.45, 2.75) is 13.5 Å². The van der Waals surface area contributed by atoms with Crippen LogP contribution in [0.15, 0.2) is 42.2 Å². The van der Waals surface area contributed by atoms with E-state index in [9.17, 15) is 4.79 Å². The van der Waals surface area contributed by atoms with Gasteiger partial charge in [-0.3, -0.25) is 4.79 Å². The zero-order chi connectivity index (χ0) is 18.6. The molecule has 0 spiro atoms. The van der Waals surface area contributed by atoms with Crippen molar-refractivity contribution < 1.29 is 9.53 Å². The molecule has 0 aliphatic carbocycles. The van der Waals surface area contributed by atoms with Gasteiger partial charge in [-0.1, -0.05) is 12.1 Å². The Morgan fingerprint density at radius 2 is 1.88 bits per heavy atom. The van der Waals surface area contributed by atoms with Crippen molar-refractivity contribution in [3.63, 3.8) is 0 Å². The first kappa shape index (κ1) is 17.9. The average molecular weight is 342 g/mol. The number of carbonyl (C=O) groups is 1. The molecule has 2 aromatic rings. The van der Waals surface area contributed by atoms with Gasteiger partial charge in [0.25, 0.3) is 5.91 Å². The van der Waals surface area contributed by atoms with E-state index in [1.165, 1.54) is 17.1 Å². The molecule has 0 unspecified atom stereocenters. The summed E-state index contributed by atoms with van der Waals surface area (Å²) in [6.45, 7) is 2.11. The number of allylic oxidation sites excluding steroid dienone is 2. The molecule has 1 aromatic carbocycles. The van der Waals surface area contributed by atoms with E-state index in [2.05, 4.69) is 5.10 Å². The molecule has 0 bridgehead atoms. The lowest BCUT2D eigenvalue weighted by Crippen LogP contribution is -2.15. The molecule has 0 saturated carbocycles. The second kappa shape index (κ2) is 7.43. The fourth-order valence-corrected chi connectivity index (χ4v) is 2.42. The third kappa shape index (κ3) is 3.57. The van der Waals surface area contributed by atoms with Gasteiger partial charge in [-0.25, -0.2) is 4.68 Å². The maximum atomic E-state index is 11.9. The summed E-state index contributed by atoms with van der Waals surface area (Å²) in [5.41, 5.74) is 25.3. The van der Waals surface area contributed by atoms with Gasteiger partial charge in [0.15, 0.2) is 0 Å². The fourth-order valence-electron chi connectivity index (χ4n) is 2.42. The Hall–Kier alpha value is -3.42. The molecule has 0 aliphatic heterocycles. The number of aromatic nitrogens is 2. The number of nitrogen functional groups attached to an aromatic ring is 1. The number of carbonyl (C=O) groups excluding carboxylic acids is 1. The summed E-state index contributed by atoms with van der Waals surface area (Å²) in [5, 5.41) is 4.42. The van der Waals surface area contributed by atoms with E-state index >= 15 is 0 Å². The van der Waals surface area contributed by atoms with E-state index in [-0.39, 0.29) is 11.4 Å². The van der Waals surface area contributed by atoms with Crippen molar-refractivity contribution in [1.82, 2.24) is 9.78 Å². The number of nitrogens with zero attached hydrogens (tertiary/aromatic N) is 2. The standard InChI is InChI=1S/C17H22N6O2/c1-10(7-18)13(8-19)15-14(17(21)24)16(20)23(22-15)9-11-3-5-12(25-2)6-4-11/h3-8H,9,18-20H2,1-2H3,(H2,21,24)/b10-7-,13-8+. The maximum absolute atomic E-state index is 11.9. The van der Waals surface area contributed by atoms with Gasteiger partial charge in [0, 0.05) is 11.8 Å². The maximum Gasteiger partial charge on any atom is 0.254 e. The zero-order valence-corrected chi connectivity index (χ0v) is 14.2. The Morgan fingerprint density at radius 1 is 1.24 bits per heavy atom. The molecule has 2 rings (SSSR count). The second-order valence-corrected chi connectivity index (χ2v) is 5.41.